The fourth-order valence-electron chi connectivity index (χ4n) is 1.64. The van der Waals surface area contributed by atoms with Crippen molar-refractivity contribution < 1.29 is 25.2 Å². The average Bonchev–Trinajstić information content (AvgIpc) is 2.51. The number of carboxylic acids is 1. The molecule has 1 rings (SSSR count). The number of rotatable bonds is 4. The van der Waals surface area contributed by atoms with Gasteiger partial charge in [-0.25, -0.2) is 0 Å². The number of nitrogens with one attached hydrogen (secondary N) is 1. The van der Waals surface area contributed by atoms with E-state index in [0.717, 1.165) is 0 Å². The largest absolute Gasteiger partial charge is 0.480 e. The Labute approximate surface area is 97.7 Å². The van der Waals surface area contributed by atoms with Crippen molar-refractivity contribution in [3.05, 3.63) is 0 Å². The van der Waals surface area contributed by atoms with Gasteiger partial charge in [0.2, 0.25) is 0 Å². The smallest absolute Gasteiger partial charge is 0.322 e. The van der Waals surface area contributed by atoms with Crippen LogP contribution in [0.25, 0.3) is 0 Å². The zero-order chi connectivity index (χ0) is 12.5. The van der Waals surface area contributed by atoms with Crippen LogP contribution in [0.5, 0.6) is 0 Å². The standard InChI is InChI=1S/C9H17NO5S/c1-9(2)6(8(14)15)10-7(16-9)5(13)4(12)3-11/h4-7,10-13H,3H2,1-2H3,(H,14,15). The van der Waals surface area contributed by atoms with Crippen molar-refractivity contribution in [1.29, 1.82) is 0 Å². The Hall–Kier alpha value is -0.340. The predicted molar refractivity (Wildman–Crippen MR) is 59.1 cm³/mol. The van der Waals surface area contributed by atoms with Gasteiger partial charge in [0.15, 0.2) is 0 Å². The lowest BCUT2D eigenvalue weighted by Gasteiger charge is -2.22. The average molecular weight is 251 g/mol. The number of aliphatic hydroxyl groups is 3. The first-order valence-corrected chi connectivity index (χ1v) is 5.81. The van der Waals surface area contributed by atoms with Gasteiger partial charge in [-0.05, 0) is 13.8 Å². The highest BCUT2D eigenvalue weighted by atomic mass is 32.2. The van der Waals surface area contributed by atoms with Gasteiger partial charge in [-0.2, -0.15) is 0 Å². The molecular formula is C9H17NO5S. The summed E-state index contributed by atoms with van der Waals surface area (Å²) >= 11 is 1.24. The number of aliphatic hydroxyl groups excluding tert-OH is 3. The van der Waals surface area contributed by atoms with Crippen LogP contribution in [0.3, 0.4) is 0 Å². The van der Waals surface area contributed by atoms with Gasteiger partial charge in [0.05, 0.1) is 12.0 Å². The Morgan fingerprint density at radius 3 is 2.44 bits per heavy atom. The second kappa shape index (κ2) is 4.89. The van der Waals surface area contributed by atoms with Crippen molar-refractivity contribution in [1.82, 2.24) is 5.32 Å². The zero-order valence-corrected chi connectivity index (χ0v) is 9.94. The molecule has 0 aliphatic carbocycles. The van der Waals surface area contributed by atoms with Crippen molar-refractivity contribution in [2.45, 2.75) is 42.2 Å². The summed E-state index contributed by atoms with van der Waals surface area (Å²) in [4.78, 5) is 11.0. The number of hydrogen-bond acceptors (Lipinski definition) is 6. The quantitative estimate of drug-likeness (QED) is 0.418. The van der Waals surface area contributed by atoms with Gasteiger partial charge < -0.3 is 20.4 Å². The lowest BCUT2D eigenvalue weighted by molar-refractivity contribution is -0.140. The third kappa shape index (κ3) is 2.67. The first-order valence-electron chi connectivity index (χ1n) is 4.93. The first kappa shape index (κ1) is 13.7. The topological polar surface area (TPSA) is 110 Å². The van der Waals surface area contributed by atoms with Crippen molar-refractivity contribution in [3.8, 4) is 0 Å². The molecule has 4 unspecified atom stereocenters. The van der Waals surface area contributed by atoms with E-state index in [0.29, 0.717) is 0 Å². The van der Waals surface area contributed by atoms with Crippen molar-refractivity contribution in [2.75, 3.05) is 6.61 Å². The molecule has 6 nitrogen and oxygen atoms in total. The van der Waals surface area contributed by atoms with Gasteiger partial charge >= 0.3 is 5.97 Å². The van der Waals surface area contributed by atoms with Crippen molar-refractivity contribution in [3.63, 3.8) is 0 Å². The predicted octanol–water partition coefficient (Wildman–Crippen LogP) is -1.41. The van der Waals surface area contributed by atoms with Crippen LogP contribution in [-0.4, -0.2) is 61.4 Å². The molecule has 1 fully saturated rings. The monoisotopic (exact) mass is 251 g/mol. The summed E-state index contributed by atoms with van der Waals surface area (Å²) in [6, 6.07) is -0.789. The Kier molecular flexibility index (Phi) is 4.19. The van der Waals surface area contributed by atoms with E-state index in [-0.39, 0.29) is 0 Å². The second-order valence-corrected chi connectivity index (χ2v) is 6.12. The molecule has 1 aliphatic rings. The molecular weight excluding hydrogens is 234 g/mol. The van der Waals surface area contributed by atoms with Gasteiger partial charge in [-0.1, -0.05) is 0 Å². The molecule has 4 atom stereocenters. The SMILES string of the molecule is CC1(C)SC(C(O)C(O)CO)NC1C(=O)O. The summed E-state index contributed by atoms with van der Waals surface area (Å²) in [6.45, 7) is 2.95. The molecule has 0 aromatic heterocycles. The lowest BCUT2D eigenvalue weighted by Crippen LogP contribution is -2.49. The second-order valence-electron chi connectivity index (χ2n) is 4.32. The molecule has 5 N–H and O–H groups in total. The number of carboxylic acid groups (broad SMARTS) is 1. The lowest BCUT2D eigenvalue weighted by atomic mass is 10.0. The van der Waals surface area contributed by atoms with E-state index < -0.39 is 40.9 Å². The van der Waals surface area contributed by atoms with E-state index >= 15 is 0 Å². The number of aliphatic carboxylic acids is 1. The molecule has 1 aliphatic heterocycles. The molecule has 0 amide bonds. The maximum Gasteiger partial charge on any atom is 0.322 e. The van der Waals surface area contributed by atoms with Crippen LogP contribution in [0, 0.1) is 0 Å². The minimum atomic E-state index is -1.27. The van der Waals surface area contributed by atoms with Gasteiger partial charge in [-0.3, -0.25) is 10.1 Å². The molecule has 16 heavy (non-hydrogen) atoms. The van der Waals surface area contributed by atoms with E-state index in [1.807, 2.05) is 0 Å². The van der Waals surface area contributed by atoms with Crippen LogP contribution >= 0.6 is 11.8 Å². The van der Waals surface area contributed by atoms with Crippen LogP contribution < -0.4 is 5.32 Å². The normalized spacial score (nSPS) is 32.3. The van der Waals surface area contributed by atoms with Gasteiger partial charge in [0.1, 0.15) is 18.2 Å². The Bertz CT molecular complexity index is 273. The Balaban J connectivity index is 2.72. The van der Waals surface area contributed by atoms with Crippen molar-refractivity contribution >= 4 is 17.7 Å². The molecule has 1 heterocycles. The van der Waals surface area contributed by atoms with E-state index in [2.05, 4.69) is 5.32 Å². The molecule has 0 aromatic rings. The highest BCUT2D eigenvalue weighted by Crippen LogP contribution is 2.39. The molecule has 0 spiro atoms. The molecule has 7 heteroatoms. The fraction of sp³-hybridized carbons (Fsp3) is 0.889. The van der Waals surface area contributed by atoms with Gasteiger partial charge in [0.25, 0.3) is 0 Å². The van der Waals surface area contributed by atoms with Crippen LogP contribution in [0.15, 0.2) is 0 Å². The number of carbonyl (C=O) groups is 1. The van der Waals surface area contributed by atoms with Gasteiger partial charge in [-0.15, -0.1) is 11.8 Å². The van der Waals surface area contributed by atoms with Crippen molar-refractivity contribution in [2.24, 2.45) is 0 Å². The summed E-state index contributed by atoms with van der Waals surface area (Å²) < 4.78 is -0.577. The van der Waals surface area contributed by atoms with Crippen LogP contribution in [0.1, 0.15) is 13.8 Å². The summed E-state index contributed by atoms with van der Waals surface area (Å²) in [5.41, 5.74) is 0. The minimum absolute atomic E-state index is 0.557. The zero-order valence-electron chi connectivity index (χ0n) is 9.12. The van der Waals surface area contributed by atoms with Crippen LogP contribution in [0.4, 0.5) is 0 Å². The summed E-state index contributed by atoms with van der Waals surface area (Å²) in [5, 5.41) is 38.8. The van der Waals surface area contributed by atoms with Crippen LogP contribution in [0.2, 0.25) is 0 Å². The molecule has 0 radical (unpaired) electrons. The Morgan fingerprint density at radius 2 is 2.06 bits per heavy atom. The van der Waals surface area contributed by atoms with E-state index in [9.17, 15) is 15.0 Å². The van der Waals surface area contributed by atoms with E-state index in [4.69, 9.17) is 10.2 Å². The fourth-order valence-corrected chi connectivity index (χ4v) is 3.13. The highest BCUT2D eigenvalue weighted by molar-refractivity contribution is 8.01. The highest BCUT2D eigenvalue weighted by Gasteiger charge is 2.48. The first-order chi connectivity index (χ1) is 7.29. The maximum absolute atomic E-state index is 11.0. The Morgan fingerprint density at radius 1 is 1.50 bits per heavy atom. The summed E-state index contributed by atoms with van der Waals surface area (Å²) in [6.07, 6.45) is -2.47. The maximum atomic E-state index is 11.0. The molecule has 94 valence electrons. The summed E-state index contributed by atoms with van der Waals surface area (Å²) in [5.74, 6) is -0.995. The molecule has 0 bridgehead atoms. The number of thioether (sulfide) groups is 1. The third-order valence-electron chi connectivity index (χ3n) is 2.60. The summed E-state index contributed by atoms with van der Waals surface area (Å²) in [7, 11) is 0. The van der Waals surface area contributed by atoms with Crippen LogP contribution in [-0.2, 0) is 4.79 Å². The molecule has 0 aromatic carbocycles. The molecule has 0 saturated carbocycles. The van der Waals surface area contributed by atoms with E-state index in [1.54, 1.807) is 13.8 Å². The van der Waals surface area contributed by atoms with Gasteiger partial charge in [0, 0.05) is 4.75 Å². The molecule has 1 saturated heterocycles. The van der Waals surface area contributed by atoms with E-state index in [1.165, 1.54) is 11.8 Å². The number of hydrogen-bond donors (Lipinski definition) is 5. The third-order valence-corrected chi connectivity index (χ3v) is 4.11. The minimum Gasteiger partial charge on any atom is -0.480 e.